The molecule has 0 saturated heterocycles. The molecular weight excluding hydrogens is 508 g/mol. The molecule has 0 saturated carbocycles. The third-order valence-electron chi connectivity index (χ3n) is 5.18. The lowest BCUT2D eigenvalue weighted by atomic mass is 10.1. The summed E-state index contributed by atoms with van der Waals surface area (Å²) in [5, 5.41) is 25.5. The summed E-state index contributed by atoms with van der Waals surface area (Å²) in [4.78, 5) is 74.5. The number of hydrogen-bond donors (Lipinski definition) is 8. The molecule has 4 atom stereocenters. The van der Waals surface area contributed by atoms with Gasteiger partial charge in [-0.05, 0) is 18.4 Å². The van der Waals surface area contributed by atoms with Crippen LogP contribution in [0, 0.1) is 0 Å². The first-order chi connectivity index (χ1) is 17.6. The van der Waals surface area contributed by atoms with Gasteiger partial charge in [0.05, 0.1) is 25.1 Å². The number of amides is 3. The summed E-state index contributed by atoms with van der Waals surface area (Å²) in [6.07, 6.45) is 7.01. The molecular formula is C21H30N8O7S. The molecule has 0 aliphatic carbocycles. The summed E-state index contributed by atoms with van der Waals surface area (Å²) >= 11 is 1.44. The number of aliphatic carboxylic acids is 2. The summed E-state index contributed by atoms with van der Waals surface area (Å²) in [7, 11) is 0. The molecule has 0 spiro atoms. The molecule has 37 heavy (non-hydrogen) atoms. The standard InChI is InChI=1S/C21H30N8O7S/c1-37-3-2-14(27-18(32)13(22)4-11-7-23-9-25-11)19(33)28-15(5-12-8-24-10-26-12)20(34)29-16(21(35)36)6-17(30)31/h7-10,13-16H,2-6,22H2,1H3,(H,23,25)(H,24,26)(H,27,32)(H,28,33)(H,29,34)(H,30,31)(H,35,36). The number of thioether (sulfide) groups is 1. The lowest BCUT2D eigenvalue weighted by Gasteiger charge is -2.24. The van der Waals surface area contributed by atoms with E-state index < -0.39 is 60.2 Å². The van der Waals surface area contributed by atoms with E-state index in [1.54, 1.807) is 0 Å². The molecule has 0 fully saturated rings. The average molecular weight is 539 g/mol. The van der Waals surface area contributed by atoms with Crippen LogP contribution in [-0.2, 0) is 36.8 Å². The number of nitrogens with one attached hydrogen (secondary N) is 5. The van der Waals surface area contributed by atoms with Crippen LogP contribution >= 0.6 is 11.8 Å². The van der Waals surface area contributed by atoms with Crippen molar-refractivity contribution in [3.05, 3.63) is 36.4 Å². The molecule has 0 aliphatic rings. The first-order valence-corrected chi connectivity index (χ1v) is 12.5. The second-order valence-electron chi connectivity index (χ2n) is 8.07. The highest BCUT2D eigenvalue weighted by molar-refractivity contribution is 7.98. The maximum Gasteiger partial charge on any atom is 0.326 e. The lowest BCUT2D eigenvalue weighted by molar-refractivity contribution is -0.147. The van der Waals surface area contributed by atoms with E-state index in [1.807, 2.05) is 6.26 Å². The Morgan fingerprint density at radius 2 is 1.43 bits per heavy atom. The Balaban J connectivity index is 2.15. The van der Waals surface area contributed by atoms with E-state index in [4.69, 9.17) is 10.8 Å². The zero-order valence-electron chi connectivity index (χ0n) is 20.0. The number of nitrogens with two attached hydrogens (primary N) is 1. The number of H-pyrrole nitrogens is 2. The minimum atomic E-state index is -1.71. The Hall–Kier alpha value is -3.92. The largest absolute Gasteiger partial charge is 0.481 e. The van der Waals surface area contributed by atoms with Crippen LogP contribution in [0.5, 0.6) is 0 Å². The SMILES string of the molecule is CSCCC(NC(=O)C(N)Cc1cnc[nH]1)C(=O)NC(Cc1cnc[nH]1)C(=O)NC(CC(=O)O)C(=O)O. The van der Waals surface area contributed by atoms with E-state index in [1.165, 1.54) is 36.8 Å². The molecule has 202 valence electrons. The van der Waals surface area contributed by atoms with E-state index >= 15 is 0 Å². The third-order valence-corrected chi connectivity index (χ3v) is 5.82. The van der Waals surface area contributed by atoms with E-state index in [2.05, 4.69) is 35.9 Å². The Labute approximate surface area is 215 Å². The van der Waals surface area contributed by atoms with Crippen molar-refractivity contribution in [2.75, 3.05) is 12.0 Å². The number of carboxylic acid groups (broad SMARTS) is 2. The van der Waals surface area contributed by atoms with Crippen LogP contribution < -0.4 is 21.7 Å². The van der Waals surface area contributed by atoms with Crippen LogP contribution in [0.4, 0.5) is 0 Å². The molecule has 2 heterocycles. The highest BCUT2D eigenvalue weighted by Crippen LogP contribution is 2.06. The van der Waals surface area contributed by atoms with Gasteiger partial charge in [-0.25, -0.2) is 14.8 Å². The minimum absolute atomic E-state index is 0.0977. The van der Waals surface area contributed by atoms with Gasteiger partial charge in [0.15, 0.2) is 0 Å². The summed E-state index contributed by atoms with van der Waals surface area (Å²) in [6.45, 7) is 0. The highest BCUT2D eigenvalue weighted by Gasteiger charge is 2.31. The number of carbonyl (C=O) groups is 5. The fraction of sp³-hybridized carbons (Fsp3) is 0.476. The quantitative estimate of drug-likeness (QED) is 0.116. The maximum absolute atomic E-state index is 13.2. The summed E-state index contributed by atoms with van der Waals surface area (Å²) in [6, 6.07) is -5.02. The van der Waals surface area contributed by atoms with Gasteiger partial charge < -0.3 is 41.9 Å². The third kappa shape index (κ3) is 9.92. The van der Waals surface area contributed by atoms with Gasteiger partial charge in [0.2, 0.25) is 17.7 Å². The molecule has 2 aromatic heterocycles. The Bertz CT molecular complexity index is 1050. The molecule has 0 aromatic carbocycles. The predicted molar refractivity (Wildman–Crippen MR) is 131 cm³/mol. The molecule has 0 radical (unpaired) electrons. The van der Waals surface area contributed by atoms with Crippen LogP contribution in [-0.4, -0.2) is 96.0 Å². The van der Waals surface area contributed by atoms with Crippen LogP contribution in [0.3, 0.4) is 0 Å². The highest BCUT2D eigenvalue weighted by atomic mass is 32.2. The first kappa shape index (κ1) is 29.3. The van der Waals surface area contributed by atoms with E-state index in [0.29, 0.717) is 17.1 Å². The zero-order chi connectivity index (χ0) is 27.4. The Morgan fingerprint density at radius 3 is 1.95 bits per heavy atom. The Morgan fingerprint density at radius 1 is 0.892 bits per heavy atom. The molecule has 3 amide bonds. The molecule has 4 unspecified atom stereocenters. The predicted octanol–water partition coefficient (Wildman–Crippen LogP) is -1.99. The monoisotopic (exact) mass is 538 g/mol. The van der Waals surface area contributed by atoms with Gasteiger partial charge in [0, 0.05) is 36.6 Å². The summed E-state index contributed by atoms with van der Waals surface area (Å²) < 4.78 is 0. The molecule has 15 nitrogen and oxygen atoms in total. The number of imidazole rings is 2. The van der Waals surface area contributed by atoms with Crippen molar-refractivity contribution in [2.45, 2.75) is 49.9 Å². The van der Waals surface area contributed by atoms with Crippen LogP contribution in [0.25, 0.3) is 0 Å². The second kappa shape index (κ2) is 14.6. The van der Waals surface area contributed by atoms with Crippen LogP contribution in [0.15, 0.2) is 25.0 Å². The molecule has 0 bridgehead atoms. The number of rotatable bonds is 16. The maximum atomic E-state index is 13.2. The molecule has 16 heteroatoms. The minimum Gasteiger partial charge on any atom is -0.481 e. The fourth-order valence-electron chi connectivity index (χ4n) is 3.25. The summed E-state index contributed by atoms with van der Waals surface area (Å²) in [5.41, 5.74) is 7.07. The van der Waals surface area contributed by atoms with Crippen molar-refractivity contribution in [2.24, 2.45) is 5.73 Å². The van der Waals surface area contributed by atoms with Gasteiger partial charge in [0.1, 0.15) is 18.1 Å². The average Bonchev–Trinajstić information content (AvgIpc) is 3.54. The molecule has 9 N–H and O–H groups in total. The topological polar surface area (TPSA) is 245 Å². The van der Waals surface area contributed by atoms with E-state index in [0.717, 1.165) is 0 Å². The number of hydrogen-bond acceptors (Lipinski definition) is 9. The fourth-order valence-corrected chi connectivity index (χ4v) is 3.73. The van der Waals surface area contributed by atoms with Gasteiger partial charge >= 0.3 is 11.9 Å². The van der Waals surface area contributed by atoms with Gasteiger partial charge in [0.25, 0.3) is 0 Å². The lowest BCUT2D eigenvalue weighted by Crippen LogP contribution is -2.58. The van der Waals surface area contributed by atoms with Crippen molar-refractivity contribution in [1.29, 1.82) is 0 Å². The summed E-state index contributed by atoms with van der Waals surface area (Å²) in [5.74, 6) is -4.65. The molecule has 2 rings (SSSR count). The van der Waals surface area contributed by atoms with Gasteiger partial charge in [-0.2, -0.15) is 11.8 Å². The van der Waals surface area contributed by atoms with Crippen LogP contribution in [0.2, 0.25) is 0 Å². The van der Waals surface area contributed by atoms with Crippen molar-refractivity contribution >= 4 is 41.4 Å². The van der Waals surface area contributed by atoms with Gasteiger partial charge in [-0.3, -0.25) is 19.2 Å². The van der Waals surface area contributed by atoms with E-state index in [-0.39, 0.29) is 19.3 Å². The van der Waals surface area contributed by atoms with Crippen molar-refractivity contribution in [1.82, 2.24) is 35.9 Å². The normalized spacial score (nSPS) is 14.1. The second-order valence-corrected chi connectivity index (χ2v) is 9.06. The smallest absolute Gasteiger partial charge is 0.326 e. The van der Waals surface area contributed by atoms with E-state index in [9.17, 15) is 29.1 Å². The van der Waals surface area contributed by atoms with Crippen LogP contribution in [0.1, 0.15) is 24.2 Å². The van der Waals surface area contributed by atoms with Gasteiger partial charge in [-0.1, -0.05) is 0 Å². The molecule has 2 aromatic rings. The first-order valence-electron chi connectivity index (χ1n) is 11.1. The number of carbonyl (C=O) groups excluding carboxylic acids is 3. The van der Waals surface area contributed by atoms with Gasteiger partial charge in [-0.15, -0.1) is 0 Å². The number of nitrogens with zero attached hydrogens (tertiary/aromatic N) is 2. The molecule has 0 aliphatic heterocycles. The van der Waals surface area contributed by atoms with Crippen molar-refractivity contribution < 1.29 is 34.2 Å². The van der Waals surface area contributed by atoms with Crippen molar-refractivity contribution in [3.8, 4) is 0 Å². The zero-order valence-corrected chi connectivity index (χ0v) is 20.8. The van der Waals surface area contributed by atoms with Crippen molar-refractivity contribution in [3.63, 3.8) is 0 Å². The number of carboxylic acids is 2. The Kier molecular flexibility index (Phi) is 11.6. The number of aromatic nitrogens is 4. The number of aromatic amines is 2.